The van der Waals surface area contributed by atoms with E-state index in [1.807, 2.05) is 19.9 Å². The van der Waals surface area contributed by atoms with E-state index in [0.29, 0.717) is 11.4 Å². The van der Waals surface area contributed by atoms with Crippen molar-refractivity contribution in [1.82, 2.24) is 10.3 Å². The fourth-order valence-corrected chi connectivity index (χ4v) is 2.61. The van der Waals surface area contributed by atoms with E-state index < -0.39 is 0 Å². The Morgan fingerprint density at radius 1 is 1.43 bits per heavy atom. The van der Waals surface area contributed by atoms with E-state index in [9.17, 15) is 4.79 Å². The van der Waals surface area contributed by atoms with Crippen LogP contribution in [0, 0.1) is 0 Å². The topological polar surface area (TPSA) is 89.3 Å². The van der Waals surface area contributed by atoms with Gasteiger partial charge in [-0.2, -0.15) is 0 Å². The Morgan fingerprint density at radius 3 is 2.76 bits per heavy atom. The maximum atomic E-state index is 12.4. The van der Waals surface area contributed by atoms with E-state index in [-0.39, 0.29) is 24.0 Å². The summed E-state index contributed by atoms with van der Waals surface area (Å²) in [7, 11) is 1.71. The molecule has 1 aromatic rings. The van der Waals surface area contributed by atoms with Gasteiger partial charge in [0, 0.05) is 24.4 Å². The zero-order chi connectivity index (χ0) is 15.4. The molecule has 1 aliphatic carbocycles. The van der Waals surface area contributed by atoms with Gasteiger partial charge in [0.1, 0.15) is 5.82 Å². The van der Waals surface area contributed by atoms with Crippen molar-refractivity contribution < 1.29 is 9.53 Å². The number of pyridine rings is 1. The number of nitrogens with one attached hydrogen (secondary N) is 2. The number of carbonyl (C=O) groups excluding carboxylic acids is 1. The number of nitrogens with zero attached hydrogens (tertiary/aromatic N) is 1. The van der Waals surface area contributed by atoms with Crippen LogP contribution in [0.1, 0.15) is 55.1 Å². The van der Waals surface area contributed by atoms with Crippen molar-refractivity contribution in [2.75, 3.05) is 12.5 Å². The standard InChI is InChI=1S/C15H24N4O2/c1-9(2)13-6-10(7-14(18-13)19-16)15(20)17-11-4-5-12(8-11)21-3/h6-7,9,11-12H,4-5,8,16H2,1-3H3,(H,17,20)(H,18,19). The van der Waals surface area contributed by atoms with Crippen LogP contribution >= 0.6 is 0 Å². The molecule has 4 N–H and O–H groups in total. The van der Waals surface area contributed by atoms with E-state index in [1.165, 1.54) is 0 Å². The Hall–Kier alpha value is -1.66. The molecule has 0 spiro atoms. The maximum Gasteiger partial charge on any atom is 0.251 e. The zero-order valence-electron chi connectivity index (χ0n) is 12.8. The van der Waals surface area contributed by atoms with Gasteiger partial charge in [-0.3, -0.25) is 4.79 Å². The molecule has 0 aliphatic heterocycles. The number of carbonyl (C=O) groups is 1. The molecule has 2 atom stereocenters. The fraction of sp³-hybridized carbons (Fsp3) is 0.600. The predicted octanol–water partition coefficient (Wildman–Crippen LogP) is 1.79. The second-order valence-electron chi connectivity index (χ2n) is 5.81. The smallest absolute Gasteiger partial charge is 0.251 e. The van der Waals surface area contributed by atoms with Crippen molar-refractivity contribution in [2.24, 2.45) is 5.84 Å². The van der Waals surface area contributed by atoms with Gasteiger partial charge in [-0.25, -0.2) is 10.8 Å². The molecule has 1 aromatic heterocycles. The molecule has 0 radical (unpaired) electrons. The largest absolute Gasteiger partial charge is 0.381 e. The van der Waals surface area contributed by atoms with E-state index in [2.05, 4.69) is 15.7 Å². The molecular weight excluding hydrogens is 268 g/mol. The third kappa shape index (κ3) is 3.92. The number of amides is 1. The van der Waals surface area contributed by atoms with Crippen molar-refractivity contribution in [3.8, 4) is 0 Å². The number of ether oxygens (including phenoxy) is 1. The number of methoxy groups -OCH3 is 1. The maximum absolute atomic E-state index is 12.4. The van der Waals surface area contributed by atoms with Crippen molar-refractivity contribution in [3.05, 3.63) is 23.4 Å². The normalized spacial score (nSPS) is 21.6. The first-order chi connectivity index (χ1) is 10.0. The number of anilines is 1. The average molecular weight is 292 g/mol. The molecule has 1 fully saturated rings. The quantitative estimate of drug-likeness (QED) is 0.568. The number of rotatable bonds is 5. The molecule has 2 unspecified atom stereocenters. The molecule has 0 bridgehead atoms. The van der Waals surface area contributed by atoms with Crippen LogP contribution in [0.4, 0.5) is 5.82 Å². The van der Waals surface area contributed by atoms with Crippen LogP contribution in [0.15, 0.2) is 12.1 Å². The number of hydrogen-bond acceptors (Lipinski definition) is 5. The highest BCUT2D eigenvalue weighted by Crippen LogP contribution is 2.22. The average Bonchev–Trinajstić information content (AvgIpc) is 2.94. The van der Waals surface area contributed by atoms with Gasteiger partial charge in [0.25, 0.3) is 5.91 Å². The van der Waals surface area contributed by atoms with Gasteiger partial charge in [0.2, 0.25) is 0 Å². The van der Waals surface area contributed by atoms with E-state index >= 15 is 0 Å². The Morgan fingerprint density at radius 2 is 2.19 bits per heavy atom. The van der Waals surface area contributed by atoms with Gasteiger partial charge >= 0.3 is 0 Å². The van der Waals surface area contributed by atoms with Crippen molar-refractivity contribution in [2.45, 2.75) is 51.2 Å². The lowest BCUT2D eigenvalue weighted by Crippen LogP contribution is -2.33. The van der Waals surface area contributed by atoms with Crippen molar-refractivity contribution in [1.29, 1.82) is 0 Å². The molecule has 116 valence electrons. The molecule has 2 rings (SSSR count). The minimum atomic E-state index is -0.0856. The molecule has 21 heavy (non-hydrogen) atoms. The highest BCUT2D eigenvalue weighted by atomic mass is 16.5. The third-order valence-electron chi connectivity index (χ3n) is 3.90. The zero-order valence-corrected chi connectivity index (χ0v) is 12.8. The van der Waals surface area contributed by atoms with Gasteiger partial charge in [-0.1, -0.05) is 13.8 Å². The molecule has 1 saturated carbocycles. The number of nitrogen functional groups attached to an aromatic ring is 1. The number of aromatic nitrogens is 1. The van der Waals surface area contributed by atoms with E-state index in [0.717, 1.165) is 25.0 Å². The number of hydrazine groups is 1. The Bertz CT molecular complexity index is 504. The highest BCUT2D eigenvalue weighted by molar-refractivity contribution is 5.95. The van der Waals surface area contributed by atoms with Crippen LogP contribution < -0.4 is 16.6 Å². The summed E-state index contributed by atoms with van der Waals surface area (Å²) in [6.45, 7) is 4.06. The molecule has 1 amide bonds. The third-order valence-corrected chi connectivity index (χ3v) is 3.90. The first kappa shape index (κ1) is 15.7. The Kier molecular flexibility index (Phi) is 5.14. The summed E-state index contributed by atoms with van der Waals surface area (Å²) in [4.78, 5) is 16.7. The van der Waals surface area contributed by atoms with Crippen LogP contribution in [-0.4, -0.2) is 30.1 Å². The summed E-state index contributed by atoms with van der Waals surface area (Å²) in [5, 5.41) is 3.06. The van der Waals surface area contributed by atoms with Crippen molar-refractivity contribution in [3.63, 3.8) is 0 Å². The summed E-state index contributed by atoms with van der Waals surface area (Å²) in [6, 6.07) is 3.67. The SMILES string of the molecule is COC1CCC(NC(=O)c2cc(NN)nc(C(C)C)c2)C1. The number of hydrogen-bond donors (Lipinski definition) is 3. The van der Waals surface area contributed by atoms with Crippen molar-refractivity contribution >= 4 is 11.7 Å². The first-order valence-electron chi connectivity index (χ1n) is 7.35. The van der Waals surface area contributed by atoms with Crippen LogP contribution in [0.25, 0.3) is 0 Å². The highest BCUT2D eigenvalue weighted by Gasteiger charge is 2.26. The lowest BCUT2D eigenvalue weighted by Gasteiger charge is -2.15. The summed E-state index contributed by atoms with van der Waals surface area (Å²) >= 11 is 0. The molecule has 6 heteroatoms. The van der Waals surface area contributed by atoms with Gasteiger partial charge in [-0.05, 0) is 37.3 Å². The molecule has 0 aromatic carbocycles. The van der Waals surface area contributed by atoms with Gasteiger partial charge in [-0.15, -0.1) is 0 Å². The Labute approximate surface area is 125 Å². The lowest BCUT2D eigenvalue weighted by atomic mass is 10.1. The first-order valence-corrected chi connectivity index (χ1v) is 7.35. The summed E-state index contributed by atoms with van der Waals surface area (Å²) < 4.78 is 5.33. The summed E-state index contributed by atoms with van der Waals surface area (Å²) in [6.07, 6.45) is 3.06. The minimum Gasteiger partial charge on any atom is -0.381 e. The summed E-state index contributed by atoms with van der Waals surface area (Å²) in [5.74, 6) is 6.08. The molecule has 1 heterocycles. The van der Waals surface area contributed by atoms with E-state index in [4.69, 9.17) is 10.6 Å². The van der Waals surface area contributed by atoms with Gasteiger partial charge < -0.3 is 15.5 Å². The van der Waals surface area contributed by atoms with Crippen LogP contribution in [-0.2, 0) is 4.74 Å². The Balaban J connectivity index is 2.10. The van der Waals surface area contributed by atoms with E-state index in [1.54, 1.807) is 13.2 Å². The van der Waals surface area contributed by atoms with Gasteiger partial charge in [0.15, 0.2) is 0 Å². The molecule has 6 nitrogen and oxygen atoms in total. The lowest BCUT2D eigenvalue weighted by molar-refractivity contribution is 0.0915. The second-order valence-corrected chi connectivity index (χ2v) is 5.81. The monoisotopic (exact) mass is 292 g/mol. The van der Waals surface area contributed by atoms with Crippen LogP contribution in [0.5, 0.6) is 0 Å². The summed E-state index contributed by atoms with van der Waals surface area (Å²) in [5.41, 5.74) is 3.95. The molecule has 1 aliphatic rings. The molecule has 0 saturated heterocycles. The molecular formula is C15H24N4O2. The van der Waals surface area contributed by atoms with Crippen LogP contribution in [0.3, 0.4) is 0 Å². The minimum absolute atomic E-state index is 0.0856. The predicted molar refractivity (Wildman–Crippen MR) is 82.0 cm³/mol. The van der Waals surface area contributed by atoms with Gasteiger partial charge in [0.05, 0.1) is 6.10 Å². The number of nitrogens with two attached hydrogens (primary N) is 1. The second kappa shape index (κ2) is 6.87. The fourth-order valence-electron chi connectivity index (χ4n) is 2.61. The van der Waals surface area contributed by atoms with Crippen LogP contribution in [0.2, 0.25) is 0 Å².